The molecule has 14 heteroatoms. The minimum atomic E-state index is -1.15. The van der Waals surface area contributed by atoms with Crippen LogP contribution in [0.15, 0.2) is 9.98 Å². The Kier molecular flexibility index (Phi) is 25.0. The Labute approximate surface area is 294 Å². The van der Waals surface area contributed by atoms with Crippen LogP contribution in [0.2, 0.25) is 0 Å². The molecule has 0 unspecified atom stereocenters. The van der Waals surface area contributed by atoms with Crippen LogP contribution in [0.3, 0.4) is 0 Å². The molecule has 0 aromatic heterocycles. The van der Waals surface area contributed by atoms with Gasteiger partial charge >= 0.3 is 71.1 Å². The fourth-order valence-electron chi connectivity index (χ4n) is 3.87. The van der Waals surface area contributed by atoms with Gasteiger partial charge in [-0.25, -0.2) is 9.59 Å². The number of aliphatic carboxylic acids is 2. The molecule has 2 amide bonds. The molecule has 0 aromatic rings. The number of nitrogens with zero attached hydrogens (tertiary/aromatic N) is 2. The minimum Gasteiger partial charge on any atom is -0.862 e. The molecule has 0 aliphatic heterocycles. The van der Waals surface area contributed by atoms with Gasteiger partial charge in [0.05, 0.1) is 0 Å². The maximum Gasteiger partial charge on any atom is 1.00 e. The number of hydrogen-bond donors (Lipinski definition) is 4. The van der Waals surface area contributed by atoms with E-state index in [9.17, 15) is 39.6 Å². The zero-order valence-corrected chi connectivity index (χ0v) is 31.1. The van der Waals surface area contributed by atoms with E-state index in [1.807, 2.05) is 0 Å². The number of carbonyl (C=O) groups is 4. The second kappa shape index (κ2) is 23.2. The van der Waals surface area contributed by atoms with Gasteiger partial charge in [0.1, 0.15) is 24.2 Å². The summed E-state index contributed by atoms with van der Waals surface area (Å²) in [5, 5.41) is 48.2. The summed E-state index contributed by atoms with van der Waals surface area (Å²) in [4.78, 5) is 55.9. The van der Waals surface area contributed by atoms with Crippen molar-refractivity contribution in [3.05, 3.63) is 0 Å². The minimum absolute atomic E-state index is 0. The van der Waals surface area contributed by atoms with Crippen LogP contribution in [0, 0.1) is 23.7 Å². The van der Waals surface area contributed by atoms with Crippen LogP contribution in [-0.4, -0.2) is 69.9 Å². The summed E-state index contributed by atoms with van der Waals surface area (Å²) in [6.45, 7) is 13.6. The fraction of sp³-hybridized carbons (Fsp3) is 0.786. The molecule has 12 nitrogen and oxygen atoms in total. The van der Waals surface area contributed by atoms with Crippen molar-refractivity contribution in [2.45, 2.75) is 118 Å². The predicted molar refractivity (Wildman–Crippen MR) is 149 cm³/mol. The smallest absolute Gasteiger partial charge is 0.862 e. The van der Waals surface area contributed by atoms with Crippen molar-refractivity contribution in [2.75, 3.05) is 0 Å². The number of amides is 2. The number of hydrogen-bond acceptors (Lipinski definition) is 8. The van der Waals surface area contributed by atoms with Crippen LogP contribution >= 0.6 is 0 Å². The third-order valence-corrected chi connectivity index (χ3v) is 6.36. The molecule has 0 bridgehead atoms. The number of carbonyl (C=O) groups excluding carboxylic acids is 2. The molecule has 0 spiro atoms. The Morgan fingerprint density at radius 2 is 0.857 bits per heavy atom. The van der Waals surface area contributed by atoms with Crippen LogP contribution in [0.5, 0.6) is 0 Å². The third kappa shape index (κ3) is 17.8. The molecule has 0 rings (SSSR count). The second-order valence-electron chi connectivity index (χ2n) is 11.5. The Morgan fingerprint density at radius 1 is 0.571 bits per heavy atom. The molecule has 0 aromatic carbocycles. The van der Waals surface area contributed by atoms with Gasteiger partial charge in [0.2, 0.25) is 11.8 Å². The third-order valence-electron chi connectivity index (χ3n) is 6.36. The zero-order valence-electron chi connectivity index (χ0n) is 27.1. The van der Waals surface area contributed by atoms with Crippen LogP contribution in [0.1, 0.15) is 93.9 Å². The van der Waals surface area contributed by atoms with Gasteiger partial charge in [-0.15, -0.1) is 0 Å². The number of rotatable bonds is 19. The molecule has 4 atom stereocenters. The molecule has 42 heavy (non-hydrogen) atoms. The number of unbranched alkanes of at least 4 members (excludes halogenated alkanes) is 3. The first-order chi connectivity index (χ1) is 18.5. The molecule has 0 saturated heterocycles. The van der Waals surface area contributed by atoms with E-state index in [2.05, 4.69) is 20.6 Å². The van der Waals surface area contributed by atoms with Gasteiger partial charge in [0, 0.05) is 0 Å². The Bertz CT molecular complexity index is 838. The van der Waals surface area contributed by atoms with Gasteiger partial charge in [-0.1, -0.05) is 68.2 Å². The fourth-order valence-corrected chi connectivity index (χ4v) is 3.87. The molecule has 4 N–H and O–H groups in total. The van der Waals surface area contributed by atoms with E-state index < -0.39 is 59.7 Å². The van der Waals surface area contributed by atoms with Crippen molar-refractivity contribution in [1.82, 2.24) is 10.6 Å². The van der Waals surface area contributed by atoms with E-state index >= 15 is 0 Å². The first kappa shape index (κ1) is 45.3. The molecule has 230 valence electrons. The van der Waals surface area contributed by atoms with E-state index in [1.54, 1.807) is 55.4 Å². The summed E-state index contributed by atoms with van der Waals surface area (Å²) < 4.78 is 0. The van der Waals surface area contributed by atoms with E-state index in [-0.39, 0.29) is 95.6 Å². The molecule has 0 saturated carbocycles. The van der Waals surface area contributed by atoms with Crippen molar-refractivity contribution < 1.29 is 98.7 Å². The van der Waals surface area contributed by atoms with E-state index in [0.717, 1.165) is 0 Å². The average molecular weight is 615 g/mol. The monoisotopic (exact) mass is 614 g/mol. The van der Waals surface area contributed by atoms with Crippen molar-refractivity contribution in [3.8, 4) is 0 Å². The van der Waals surface area contributed by atoms with Crippen molar-refractivity contribution in [2.24, 2.45) is 33.7 Å². The average Bonchev–Trinajstić information content (AvgIpc) is 2.83. The number of aliphatic imine (C=N–C) groups is 2. The number of carboxylic acid groups (broad SMARTS) is 2. The predicted octanol–water partition coefficient (Wildman–Crippen LogP) is -4.65. The van der Waals surface area contributed by atoms with Gasteiger partial charge in [0.15, 0.2) is 0 Å². The summed E-state index contributed by atoms with van der Waals surface area (Å²) in [6.07, 6.45) is 2.54. The maximum atomic E-state index is 12.6. The topological polar surface area (TPSA) is 204 Å². The van der Waals surface area contributed by atoms with Crippen LogP contribution in [0.25, 0.3) is 0 Å². The second-order valence-corrected chi connectivity index (χ2v) is 11.5. The van der Waals surface area contributed by atoms with E-state index in [0.29, 0.717) is 25.7 Å². The largest absolute Gasteiger partial charge is 1.00 e. The summed E-state index contributed by atoms with van der Waals surface area (Å²) in [6, 6.07) is -4.10. The first-order valence-corrected chi connectivity index (χ1v) is 14.0. The zero-order chi connectivity index (χ0) is 31.2. The normalized spacial score (nSPS) is 15.0. The molecule has 0 heterocycles. The Morgan fingerprint density at radius 3 is 1.07 bits per heavy atom. The standard InChI is InChI=1S/C28H50N4O8.2Na/c1-15(2)21(25(35)31-23(17(5)6)27(37)38)29-19(33)13-11-9-10-12-14-20(34)30-22(16(3)4)26(36)32-24(18(7)8)28(39)40;;/h15-18,21-24H,9-14H2,1-8H3,(H,29,33)(H,30,34)(H,31,35)(H,32,36)(H,37,38)(H,39,40);;/q;2*+1/p-2/t21-,22-,23-,24-;;/m0../s1. The number of nitrogens with one attached hydrogen (secondary N) is 2. The molecule has 0 aliphatic rings. The van der Waals surface area contributed by atoms with Crippen molar-refractivity contribution in [1.29, 1.82) is 0 Å². The van der Waals surface area contributed by atoms with Gasteiger partial charge < -0.3 is 31.1 Å². The molecule has 0 radical (unpaired) electrons. The van der Waals surface area contributed by atoms with Gasteiger partial charge in [-0.2, -0.15) is 0 Å². The first-order valence-electron chi connectivity index (χ1n) is 14.0. The quantitative estimate of drug-likeness (QED) is 0.0481. The number of carboxylic acids is 2. The summed E-state index contributed by atoms with van der Waals surface area (Å²) >= 11 is 0. The SMILES string of the molecule is CC(C)[C@H](N=C([O-])CCCCCCC([O-])=N[C@H](C(=O)N[C@H](C(=O)O)C(C)C)C(C)C)C(=O)N[C@H](C(=O)O)C(C)C.[Na+].[Na+]. The molecule has 0 fully saturated rings. The van der Waals surface area contributed by atoms with Gasteiger partial charge in [0.25, 0.3) is 0 Å². The summed E-state index contributed by atoms with van der Waals surface area (Å²) in [5.41, 5.74) is 0. The van der Waals surface area contributed by atoms with Crippen LogP contribution in [-0.2, 0) is 19.2 Å². The van der Waals surface area contributed by atoms with Gasteiger partial charge in [-0.3, -0.25) is 19.6 Å². The summed E-state index contributed by atoms with van der Waals surface area (Å²) in [5.74, 6) is -5.61. The van der Waals surface area contributed by atoms with Crippen molar-refractivity contribution in [3.63, 3.8) is 0 Å². The van der Waals surface area contributed by atoms with Gasteiger partial charge in [-0.05, 0) is 61.2 Å². The summed E-state index contributed by atoms with van der Waals surface area (Å²) in [7, 11) is 0. The molecular formula is C28H48N4Na2O8. The van der Waals surface area contributed by atoms with E-state index in [4.69, 9.17) is 0 Å². The Hall–Kier alpha value is -1.18. The Balaban J connectivity index is -0.00000760. The maximum absolute atomic E-state index is 12.6. The van der Waals surface area contributed by atoms with Crippen LogP contribution < -0.4 is 80.0 Å². The van der Waals surface area contributed by atoms with E-state index in [1.165, 1.54) is 0 Å². The molecular weight excluding hydrogens is 566 g/mol. The van der Waals surface area contributed by atoms with Crippen LogP contribution in [0.4, 0.5) is 0 Å². The molecule has 0 aliphatic carbocycles. The van der Waals surface area contributed by atoms with Crippen molar-refractivity contribution >= 4 is 35.5 Å².